The van der Waals surface area contributed by atoms with Crippen LogP contribution >= 0.6 is 11.3 Å². The fourth-order valence-corrected chi connectivity index (χ4v) is 4.77. The van der Waals surface area contributed by atoms with Gasteiger partial charge < -0.3 is 15.4 Å². The van der Waals surface area contributed by atoms with Crippen LogP contribution < -0.4 is 10.6 Å². The molecule has 1 heterocycles. The average molecular weight is 415 g/mol. The largest absolute Gasteiger partial charge is 0.452 e. The van der Waals surface area contributed by atoms with E-state index in [1.165, 1.54) is 18.3 Å². The number of carbonyl (C=O) groups excluding carboxylic acids is 3. The van der Waals surface area contributed by atoms with Crippen LogP contribution in [0.15, 0.2) is 30.3 Å². The highest BCUT2D eigenvalue weighted by Gasteiger charge is 2.27. The molecule has 0 spiro atoms. The quantitative estimate of drug-likeness (QED) is 0.677. The number of ether oxygens (including phenoxy) is 1. The maximum absolute atomic E-state index is 12.7. The SMILES string of the molecule is CC(=O)Nc1sc2c(c1C(=O)OCC(=O)NC[C@@H](C)c1ccccc1)CCCC2. The van der Waals surface area contributed by atoms with Crippen LogP contribution in [0.4, 0.5) is 5.00 Å². The van der Waals surface area contributed by atoms with Gasteiger partial charge in [-0.3, -0.25) is 9.59 Å². The predicted molar refractivity (Wildman–Crippen MR) is 113 cm³/mol. The molecule has 1 aromatic heterocycles. The molecule has 0 unspecified atom stereocenters. The first-order valence-corrected chi connectivity index (χ1v) is 10.7. The molecule has 1 aliphatic carbocycles. The molecule has 2 N–H and O–H groups in total. The number of amides is 2. The molecule has 2 amide bonds. The topological polar surface area (TPSA) is 84.5 Å². The summed E-state index contributed by atoms with van der Waals surface area (Å²) in [5.41, 5.74) is 2.49. The Kier molecular flexibility index (Phi) is 7.04. The van der Waals surface area contributed by atoms with Gasteiger partial charge in [0, 0.05) is 18.3 Å². The minimum atomic E-state index is -0.556. The Balaban J connectivity index is 1.58. The molecule has 6 nitrogen and oxygen atoms in total. The molecule has 0 bridgehead atoms. The lowest BCUT2D eigenvalue weighted by Crippen LogP contribution is -2.31. The van der Waals surface area contributed by atoms with Crippen molar-refractivity contribution in [1.82, 2.24) is 5.32 Å². The molecule has 1 aliphatic rings. The number of esters is 1. The number of rotatable bonds is 7. The van der Waals surface area contributed by atoms with Gasteiger partial charge in [0.05, 0.1) is 5.56 Å². The van der Waals surface area contributed by atoms with Gasteiger partial charge in [-0.25, -0.2) is 4.79 Å². The number of anilines is 1. The van der Waals surface area contributed by atoms with Crippen LogP contribution in [0.2, 0.25) is 0 Å². The molecule has 3 rings (SSSR count). The van der Waals surface area contributed by atoms with Gasteiger partial charge in [-0.05, 0) is 42.7 Å². The van der Waals surface area contributed by atoms with E-state index in [2.05, 4.69) is 10.6 Å². The van der Waals surface area contributed by atoms with Crippen molar-refractivity contribution in [2.75, 3.05) is 18.5 Å². The summed E-state index contributed by atoms with van der Waals surface area (Å²) in [6.45, 7) is 3.56. The summed E-state index contributed by atoms with van der Waals surface area (Å²) in [7, 11) is 0. The summed E-state index contributed by atoms with van der Waals surface area (Å²) >= 11 is 1.43. The standard InChI is InChI=1S/C22H26N2O4S/c1-14(16-8-4-3-5-9-16)12-23-19(26)13-28-22(27)20-17-10-6-7-11-18(17)29-21(20)24-15(2)25/h3-5,8-9,14H,6-7,10-13H2,1-2H3,(H,23,26)(H,24,25)/t14-/m1/s1. The number of hydrogen-bond donors (Lipinski definition) is 2. The molecular formula is C22H26N2O4S. The van der Waals surface area contributed by atoms with E-state index < -0.39 is 5.97 Å². The number of thiophene rings is 1. The molecule has 0 saturated carbocycles. The third-order valence-corrected chi connectivity index (χ3v) is 6.18. The normalized spacial score (nSPS) is 13.9. The number of aryl methyl sites for hydroxylation is 1. The second-order valence-electron chi connectivity index (χ2n) is 7.29. The third-order valence-electron chi connectivity index (χ3n) is 4.97. The Bertz CT molecular complexity index is 892. The van der Waals surface area contributed by atoms with E-state index in [4.69, 9.17) is 4.74 Å². The van der Waals surface area contributed by atoms with Gasteiger partial charge in [-0.1, -0.05) is 37.3 Å². The maximum atomic E-state index is 12.7. The first-order valence-electron chi connectivity index (χ1n) is 9.86. The van der Waals surface area contributed by atoms with Gasteiger partial charge in [-0.2, -0.15) is 0 Å². The Morgan fingerprint density at radius 2 is 1.86 bits per heavy atom. The van der Waals surface area contributed by atoms with Crippen molar-refractivity contribution < 1.29 is 19.1 Å². The summed E-state index contributed by atoms with van der Waals surface area (Å²) in [5, 5.41) is 6.06. The van der Waals surface area contributed by atoms with Gasteiger partial charge in [0.15, 0.2) is 6.61 Å². The Hall–Kier alpha value is -2.67. The summed E-state index contributed by atoms with van der Waals surface area (Å²) in [5.74, 6) is -0.970. The molecule has 0 fully saturated rings. The molecule has 154 valence electrons. The Morgan fingerprint density at radius 1 is 1.14 bits per heavy atom. The van der Waals surface area contributed by atoms with Crippen LogP contribution in [0.5, 0.6) is 0 Å². The molecule has 0 aliphatic heterocycles. The number of nitrogens with one attached hydrogen (secondary N) is 2. The summed E-state index contributed by atoms with van der Waals surface area (Å²) in [6.07, 6.45) is 3.76. The first kappa shape index (κ1) is 21.0. The fraction of sp³-hybridized carbons (Fsp3) is 0.409. The molecule has 2 aromatic rings. The van der Waals surface area contributed by atoms with Crippen LogP contribution in [0, 0.1) is 0 Å². The first-order chi connectivity index (χ1) is 14.0. The molecular weight excluding hydrogens is 388 g/mol. The van der Waals surface area contributed by atoms with E-state index in [0.29, 0.717) is 17.1 Å². The van der Waals surface area contributed by atoms with Crippen molar-refractivity contribution >= 4 is 34.1 Å². The second kappa shape index (κ2) is 9.69. The van der Waals surface area contributed by atoms with Gasteiger partial charge in [0.25, 0.3) is 5.91 Å². The lowest BCUT2D eigenvalue weighted by Gasteiger charge is -2.14. The summed E-state index contributed by atoms with van der Waals surface area (Å²) < 4.78 is 5.28. The molecule has 1 atom stereocenters. The van der Waals surface area contributed by atoms with Crippen LogP contribution in [0.3, 0.4) is 0 Å². The zero-order valence-corrected chi connectivity index (χ0v) is 17.6. The van der Waals surface area contributed by atoms with Gasteiger partial charge in [0.2, 0.25) is 5.91 Å². The monoisotopic (exact) mass is 414 g/mol. The minimum Gasteiger partial charge on any atom is -0.452 e. The average Bonchev–Trinajstić information content (AvgIpc) is 3.08. The molecule has 7 heteroatoms. The van der Waals surface area contributed by atoms with Crippen molar-refractivity contribution in [2.45, 2.75) is 45.4 Å². The van der Waals surface area contributed by atoms with E-state index in [1.807, 2.05) is 37.3 Å². The number of benzene rings is 1. The molecule has 29 heavy (non-hydrogen) atoms. The molecule has 1 aromatic carbocycles. The van der Waals surface area contributed by atoms with E-state index in [-0.39, 0.29) is 24.3 Å². The summed E-state index contributed by atoms with van der Waals surface area (Å²) in [4.78, 5) is 37.5. The third kappa shape index (κ3) is 5.44. The summed E-state index contributed by atoms with van der Waals surface area (Å²) in [6, 6.07) is 9.90. The van der Waals surface area contributed by atoms with Crippen LogP contribution in [0.1, 0.15) is 59.0 Å². The van der Waals surface area contributed by atoms with Crippen LogP contribution in [0.25, 0.3) is 0 Å². The number of fused-ring (bicyclic) bond motifs is 1. The Morgan fingerprint density at radius 3 is 2.59 bits per heavy atom. The highest BCUT2D eigenvalue weighted by Crippen LogP contribution is 2.38. The lowest BCUT2D eigenvalue weighted by atomic mass is 9.95. The van der Waals surface area contributed by atoms with Crippen LogP contribution in [-0.2, 0) is 27.2 Å². The van der Waals surface area contributed by atoms with E-state index in [9.17, 15) is 14.4 Å². The highest BCUT2D eigenvalue weighted by molar-refractivity contribution is 7.17. The lowest BCUT2D eigenvalue weighted by molar-refractivity contribution is -0.124. The smallest absolute Gasteiger partial charge is 0.341 e. The van der Waals surface area contributed by atoms with Crippen molar-refractivity contribution in [3.05, 3.63) is 51.9 Å². The van der Waals surface area contributed by atoms with Gasteiger partial charge in [0.1, 0.15) is 5.00 Å². The zero-order valence-electron chi connectivity index (χ0n) is 16.7. The van der Waals surface area contributed by atoms with E-state index in [1.54, 1.807) is 0 Å². The predicted octanol–water partition coefficient (Wildman–Crippen LogP) is 3.66. The Labute approximate surface area is 174 Å². The van der Waals surface area contributed by atoms with Crippen molar-refractivity contribution in [2.24, 2.45) is 0 Å². The van der Waals surface area contributed by atoms with Gasteiger partial charge >= 0.3 is 5.97 Å². The number of carbonyl (C=O) groups is 3. The fourth-order valence-electron chi connectivity index (χ4n) is 3.45. The molecule has 0 radical (unpaired) electrons. The van der Waals surface area contributed by atoms with Crippen molar-refractivity contribution in [3.63, 3.8) is 0 Å². The molecule has 0 saturated heterocycles. The van der Waals surface area contributed by atoms with E-state index >= 15 is 0 Å². The highest BCUT2D eigenvalue weighted by atomic mass is 32.1. The van der Waals surface area contributed by atoms with Crippen molar-refractivity contribution in [3.8, 4) is 0 Å². The van der Waals surface area contributed by atoms with Crippen LogP contribution in [-0.4, -0.2) is 30.9 Å². The minimum absolute atomic E-state index is 0.158. The maximum Gasteiger partial charge on any atom is 0.341 e. The zero-order chi connectivity index (χ0) is 20.8. The van der Waals surface area contributed by atoms with Crippen molar-refractivity contribution in [1.29, 1.82) is 0 Å². The van der Waals surface area contributed by atoms with E-state index in [0.717, 1.165) is 41.7 Å². The second-order valence-corrected chi connectivity index (χ2v) is 8.39. The van der Waals surface area contributed by atoms with Gasteiger partial charge in [-0.15, -0.1) is 11.3 Å². The number of hydrogen-bond acceptors (Lipinski definition) is 5.